The summed E-state index contributed by atoms with van der Waals surface area (Å²) >= 11 is 0. The third-order valence-corrected chi connectivity index (χ3v) is 5.20. The Hall–Kier alpha value is -2.81. The first-order valence-electron chi connectivity index (χ1n) is 9.69. The lowest BCUT2D eigenvalue weighted by molar-refractivity contribution is -0.153. The van der Waals surface area contributed by atoms with Gasteiger partial charge in [-0.2, -0.15) is 0 Å². The minimum absolute atomic E-state index is 0.185. The van der Waals surface area contributed by atoms with Crippen LogP contribution in [0.15, 0.2) is 23.2 Å². The zero-order valence-corrected chi connectivity index (χ0v) is 17.3. The zero-order chi connectivity index (χ0) is 21.0. The predicted molar refractivity (Wildman–Crippen MR) is 107 cm³/mol. The molecule has 158 valence electrons. The van der Waals surface area contributed by atoms with Crippen LogP contribution < -0.4 is 14.8 Å². The summed E-state index contributed by atoms with van der Waals surface area (Å²) in [5, 5.41) is 2.80. The van der Waals surface area contributed by atoms with Crippen molar-refractivity contribution in [2.24, 2.45) is 10.9 Å². The molecule has 1 amide bonds. The number of benzene rings is 1. The fourth-order valence-corrected chi connectivity index (χ4v) is 3.53. The zero-order valence-electron chi connectivity index (χ0n) is 17.3. The lowest BCUT2D eigenvalue weighted by Gasteiger charge is -2.37. The number of guanidine groups is 1. The number of methoxy groups -OCH3 is 2. The molecule has 29 heavy (non-hydrogen) atoms. The molecule has 2 aliphatic rings. The van der Waals surface area contributed by atoms with E-state index in [1.807, 2.05) is 4.90 Å². The number of amides is 1. The molecule has 2 unspecified atom stereocenters. The third kappa shape index (κ3) is 4.45. The Bertz CT molecular complexity index is 789. The van der Waals surface area contributed by atoms with Gasteiger partial charge in [0.1, 0.15) is 17.5 Å². The van der Waals surface area contributed by atoms with Crippen molar-refractivity contribution in [3.05, 3.63) is 23.8 Å². The number of hydrogen-bond donors (Lipinski definition) is 1. The Labute approximate surface area is 170 Å². The fraction of sp³-hybridized carbons (Fsp3) is 0.550. The van der Waals surface area contributed by atoms with Gasteiger partial charge in [-0.3, -0.25) is 14.9 Å². The van der Waals surface area contributed by atoms with Crippen LogP contribution in [-0.2, 0) is 14.3 Å². The number of aliphatic imine (C=N–C) groups is 1. The summed E-state index contributed by atoms with van der Waals surface area (Å²) in [4.78, 5) is 34.6. The van der Waals surface area contributed by atoms with Crippen LogP contribution in [0.4, 0.5) is 0 Å². The highest BCUT2D eigenvalue weighted by atomic mass is 16.5. The number of piperazine rings is 1. The number of nitrogens with one attached hydrogen (secondary N) is 1. The Morgan fingerprint density at radius 2 is 1.93 bits per heavy atom. The first-order valence-corrected chi connectivity index (χ1v) is 9.69. The second-order valence-electron chi connectivity index (χ2n) is 7.01. The lowest BCUT2D eigenvalue weighted by atomic mass is 9.90. The fourth-order valence-electron chi connectivity index (χ4n) is 3.53. The average molecular weight is 404 g/mol. The summed E-state index contributed by atoms with van der Waals surface area (Å²) in [5.41, 5.74) is 0.632. The van der Waals surface area contributed by atoms with Crippen molar-refractivity contribution in [2.75, 3.05) is 54.1 Å². The van der Waals surface area contributed by atoms with Gasteiger partial charge in [-0.15, -0.1) is 0 Å². The summed E-state index contributed by atoms with van der Waals surface area (Å²) in [7, 11) is 5.15. The van der Waals surface area contributed by atoms with Gasteiger partial charge in [-0.1, -0.05) is 0 Å². The van der Waals surface area contributed by atoms with Crippen molar-refractivity contribution >= 4 is 17.8 Å². The van der Waals surface area contributed by atoms with Gasteiger partial charge in [0.25, 0.3) is 0 Å². The summed E-state index contributed by atoms with van der Waals surface area (Å²) in [6.45, 7) is 5.11. The first-order chi connectivity index (χ1) is 14.0. The highest BCUT2D eigenvalue weighted by Crippen LogP contribution is 2.38. The molecule has 3 rings (SSSR count). The number of hydrogen-bond acceptors (Lipinski definition) is 8. The van der Waals surface area contributed by atoms with Gasteiger partial charge < -0.3 is 24.0 Å². The van der Waals surface area contributed by atoms with Crippen molar-refractivity contribution in [1.82, 2.24) is 15.1 Å². The number of rotatable bonds is 5. The largest absolute Gasteiger partial charge is 0.497 e. The van der Waals surface area contributed by atoms with Crippen LogP contribution in [0.3, 0.4) is 0 Å². The van der Waals surface area contributed by atoms with Gasteiger partial charge in [0, 0.05) is 37.8 Å². The van der Waals surface area contributed by atoms with E-state index >= 15 is 0 Å². The molecule has 1 fully saturated rings. The summed E-state index contributed by atoms with van der Waals surface area (Å²) < 4.78 is 15.9. The summed E-state index contributed by atoms with van der Waals surface area (Å²) in [6, 6.07) is 4.50. The van der Waals surface area contributed by atoms with E-state index < -0.39 is 23.8 Å². The molecule has 2 heterocycles. The van der Waals surface area contributed by atoms with Crippen molar-refractivity contribution < 1.29 is 23.8 Å². The summed E-state index contributed by atoms with van der Waals surface area (Å²) in [6.07, 6.45) is 0. The molecule has 9 heteroatoms. The van der Waals surface area contributed by atoms with Crippen molar-refractivity contribution in [1.29, 1.82) is 0 Å². The highest BCUT2D eigenvalue weighted by Gasteiger charge is 2.43. The Kier molecular flexibility index (Phi) is 6.58. The molecule has 1 aromatic rings. The molecule has 2 aliphatic heterocycles. The van der Waals surface area contributed by atoms with Crippen LogP contribution in [-0.4, -0.2) is 81.7 Å². The molecule has 0 aromatic heterocycles. The van der Waals surface area contributed by atoms with E-state index in [0.29, 0.717) is 23.0 Å². The molecule has 0 aliphatic carbocycles. The smallest absolute Gasteiger partial charge is 0.321 e. The predicted octanol–water partition coefficient (Wildman–Crippen LogP) is 0.657. The standard InChI is InChI=1S/C20H28N4O5/c1-5-29-19(26)16-17(14-7-6-13(27-3)12-15(14)28-4)21-20(22-18(16)25)24-10-8-23(2)9-11-24/h6-7,12,16-17H,5,8-11H2,1-4H3,(H,21,22,25). The van der Waals surface area contributed by atoms with E-state index in [1.165, 1.54) is 7.11 Å². The van der Waals surface area contributed by atoms with Crippen LogP contribution in [0, 0.1) is 5.92 Å². The highest BCUT2D eigenvalue weighted by molar-refractivity contribution is 6.08. The molecule has 1 saturated heterocycles. The van der Waals surface area contributed by atoms with Crippen LogP contribution in [0.5, 0.6) is 11.5 Å². The molecule has 0 saturated carbocycles. The minimum atomic E-state index is -1.09. The minimum Gasteiger partial charge on any atom is -0.497 e. The van der Waals surface area contributed by atoms with E-state index in [0.717, 1.165) is 26.2 Å². The normalized spacial score (nSPS) is 22.6. The molecule has 0 radical (unpaired) electrons. The van der Waals surface area contributed by atoms with Crippen molar-refractivity contribution in [3.63, 3.8) is 0 Å². The molecule has 0 bridgehead atoms. The van der Waals surface area contributed by atoms with E-state index in [4.69, 9.17) is 19.2 Å². The number of likely N-dealkylation sites (N-methyl/N-ethyl adjacent to an activating group) is 1. The monoisotopic (exact) mass is 404 g/mol. The number of carbonyl (C=O) groups is 2. The molecular formula is C20H28N4O5. The number of esters is 1. The summed E-state index contributed by atoms with van der Waals surface area (Å²) in [5.74, 6) is -0.522. The van der Waals surface area contributed by atoms with Crippen LogP contribution >= 0.6 is 0 Å². The quantitative estimate of drug-likeness (QED) is 0.569. The van der Waals surface area contributed by atoms with Crippen molar-refractivity contribution in [3.8, 4) is 11.5 Å². The lowest BCUT2D eigenvalue weighted by Crippen LogP contribution is -2.56. The van der Waals surface area contributed by atoms with Gasteiger partial charge in [-0.05, 0) is 26.1 Å². The Morgan fingerprint density at radius 1 is 1.21 bits per heavy atom. The van der Waals surface area contributed by atoms with Gasteiger partial charge in [0.05, 0.1) is 20.8 Å². The maximum Gasteiger partial charge on any atom is 0.321 e. The third-order valence-electron chi connectivity index (χ3n) is 5.20. The van der Waals surface area contributed by atoms with Gasteiger partial charge in [0.15, 0.2) is 5.92 Å². The van der Waals surface area contributed by atoms with E-state index in [-0.39, 0.29) is 6.61 Å². The molecular weight excluding hydrogens is 376 g/mol. The molecule has 9 nitrogen and oxygen atoms in total. The molecule has 2 atom stereocenters. The Morgan fingerprint density at radius 3 is 2.55 bits per heavy atom. The second kappa shape index (κ2) is 9.13. The van der Waals surface area contributed by atoms with Crippen LogP contribution in [0.2, 0.25) is 0 Å². The molecule has 1 aromatic carbocycles. The van der Waals surface area contributed by atoms with Gasteiger partial charge in [-0.25, -0.2) is 4.99 Å². The molecule has 0 spiro atoms. The van der Waals surface area contributed by atoms with Crippen LogP contribution in [0.25, 0.3) is 0 Å². The van der Waals surface area contributed by atoms with Crippen LogP contribution in [0.1, 0.15) is 18.5 Å². The molecule has 1 N–H and O–H groups in total. The Balaban J connectivity index is 2.02. The van der Waals surface area contributed by atoms with E-state index in [1.54, 1.807) is 32.2 Å². The van der Waals surface area contributed by atoms with Gasteiger partial charge in [0.2, 0.25) is 11.9 Å². The maximum absolute atomic E-state index is 12.9. The number of nitrogens with zero attached hydrogens (tertiary/aromatic N) is 3. The number of ether oxygens (including phenoxy) is 3. The SMILES string of the molecule is CCOC(=O)C1C(=O)NC(N2CCN(C)CC2)=NC1c1ccc(OC)cc1OC. The van der Waals surface area contributed by atoms with Crippen molar-refractivity contribution in [2.45, 2.75) is 13.0 Å². The van der Waals surface area contributed by atoms with E-state index in [9.17, 15) is 9.59 Å². The van der Waals surface area contributed by atoms with Gasteiger partial charge >= 0.3 is 5.97 Å². The van der Waals surface area contributed by atoms with E-state index in [2.05, 4.69) is 17.3 Å². The first kappa shape index (κ1) is 20.9. The number of carbonyl (C=O) groups excluding carboxylic acids is 2. The topological polar surface area (TPSA) is 92.7 Å². The average Bonchev–Trinajstić information content (AvgIpc) is 2.73. The maximum atomic E-state index is 12.9. The second-order valence-corrected chi connectivity index (χ2v) is 7.01.